The third-order valence-electron chi connectivity index (χ3n) is 7.15. The van der Waals surface area contributed by atoms with Crippen molar-refractivity contribution < 1.29 is 10.2 Å². The summed E-state index contributed by atoms with van der Waals surface area (Å²) in [4.78, 5) is 0. The Morgan fingerprint density at radius 3 is 2.22 bits per heavy atom. The molecular formula is C16H26O2. The van der Waals surface area contributed by atoms with Crippen molar-refractivity contribution in [3.8, 4) is 0 Å². The molecule has 2 heteroatoms. The number of rotatable bonds is 4. The van der Waals surface area contributed by atoms with Crippen molar-refractivity contribution >= 4 is 0 Å². The largest absolute Gasteiger partial charge is 0.396 e. The fourth-order valence-corrected chi connectivity index (χ4v) is 6.99. The first-order chi connectivity index (χ1) is 8.85. The summed E-state index contributed by atoms with van der Waals surface area (Å²) in [5.41, 5.74) is 0. The van der Waals surface area contributed by atoms with Gasteiger partial charge in [-0.25, -0.2) is 0 Å². The zero-order valence-corrected chi connectivity index (χ0v) is 11.2. The lowest BCUT2D eigenvalue weighted by molar-refractivity contribution is 0.0905. The summed E-state index contributed by atoms with van der Waals surface area (Å²) in [6.07, 6.45) is 7.87. The second-order valence-corrected chi connectivity index (χ2v) is 7.40. The predicted molar refractivity (Wildman–Crippen MR) is 69.8 cm³/mol. The smallest absolute Gasteiger partial charge is 0.0433 e. The Morgan fingerprint density at radius 1 is 0.778 bits per heavy atom. The highest BCUT2D eigenvalue weighted by molar-refractivity contribution is 5.13. The summed E-state index contributed by atoms with van der Waals surface area (Å²) in [7, 11) is 0. The Hall–Kier alpha value is -0.0800. The highest BCUT2D eigenvalue weighted by Crippen LogP contribution is 2.71. The zero-order valence-electron chi connectivity index (χ0n) is 11.2. The molecule has 102 valence electrons. The average Bonchev–Trinajstić information content (AvgIpc) is 3.08. The Kier molecular flexibility index (Phi) is 2.74. The van der Waals surface area contributed by atoms with Gasteiger partial charge in [-0.05, 0) is 85.9 Å². The second kappa shape index (κ2) is 4.21. The van der Waals surface area contributed by atoms with Crippen molar-refractivity contribution in [1.29, 1.82) is 0 Å². The summed E-state index contributed by atoms with van der Waals surface area (Å²) in [6.45, 7) is 0.784. The monoisotopic (exact) mass is 250 g/mol. The van der Waals surface area contributed by atoms with Crippen molar-refractivity contribution in [1.82, 2.24) is 0 Å². The fourth-order valence-electron chi connectivity index (χ4n) is 6.99. The molecule has 2 nitrogen and oxygen atoms in total. The minimum Gasteiger partial charge on any atom is -0.396 e. The Labute approximate surface area is 110 Å². The van der Waals surface area contributed by atoms with Gasteiger partial charge in [0.15, 0.2) is 0 Å². The van der Waals surface area contributed by atoms with Gasteiger partial charge in [0, 0.05) is 13.2 Å². The second-order valence-electron chi connectivity index (χ2n) is 7.40. The molecule has 0 saturated heterocycles. The van der Waals surface area contributed by atoms with Crippen LogP contribution in [0, 0.1) is 47.3 Å². The normalized spacial score (nSPS) is 56.3. The maximum absolute atomic E-state index is 9.30. The topological polar surface area (TPSA) is 40.5 Å². The summed E-state index contributed by atoms with van der Waals surface area (Å²) in [5.74, 6) is 7.48. The van der Waals surface area contributed by atoms with Crippen LogP contribution in [0.3, 0.4) is 0 Å². The molecule has 4 rings (SSSR count). The molecule has 0 aliphatic heterocycles. The van der Waals surface area contributed by atoms with Crippen molar-refractivity contribution in [3.63, 3.8) is 0 Å². The minimum atomic E-state index is 0.388. The van der Waals surface area contributed by atoms with Gasteiger partial charge in [-0.1, -0.05) is 0 Å². The molecule has 0 aromatic carbocycles. The quantitative estimate of drug-likeness (QED) is 0.752. The first-order valence-corrected chi connectivity index (χ1v) is 8.07. The van der Waals surface area contributed by atoms with Gasteiger partial charge in [0.2, 0.25) is 0 Å². The van der Waals surface area contributed by atoms with E-state index in [1.165, 1.54) is 25.7 Å². The van der Waals surface area contributed by atoms with Crippen LogP contribution < -0.4 is 0 Å². The van der Waals surface area contributed by atoms with Crippen LogP contribution in [0.4, 0.5) is 0 Å². The SMILES string of the molecule is OCCC1CC2CC1C1C3CCC(C3CCO)C21. The van der Waals surface area contributed by atoms with Crippen LogP contribution in [0.25, 0.3) is 0 Å². The van der Waals surface area contributed by atoms with E-state index < -0.39 is 0 Å². The van der Waals surface area contributed by atoms with Gasteiger partial charge >= 0.3 is 0 Å². The maximum Gasteiger partial charge on any atom is 0.0433 e. The average molecular weight is 250 g/mol. The van der Waals surface area contributed by atoms with Gasteiger partial charge in [-0.2, -0.15) is 0 Å². The van der Waals surface area contributed by atoms with Crippen molar-refractivity contribution in [2.75, 3.05) is 13.2 Å². The molecule has 0 amide bonds. The molecule has 4 saturated carbocycles. The van der Waals surface area contributed by atoms with Gasteiger partial charge in [-0.15, -0.1) is 0 Å². The predicted octanol–water partition coefficient (Wildman–Crippen LogP) is 2.30. The van der Waals surface area contributed by atoms with E-state index in [-0.39, 0.29) is 0 Å². The van der Waals surface area contributed by atoms with E-state index in [0.29, 0.717) is 13.2 Å². The summed E-state index contributed by atoms with van der Waals surface area (Å²) < 4.78 is 0. The third kappa shape index (κ3) is 1.37. The highest BCUT2D eigenvalue weighted by atomic mass is 16.3. The third-order valence-corrected chi connectivity index (χ3v) is 7.15. The first-order valence-electron chi connectivity index (χ1n) is 8.07. The molecular weight excluding hydrogens is 224 g/mol. The van der Waals surface area contributed by atoms with Crippen molar-refractivity contribution in [3.05, 3.63) is 0 Å². The van der Waals surface area contributed by atoms with Gasteiger partial charge < -0.3 is 10.2 Å². The molecule has 4 fully saturated rings. The lowest BCUT2D eigenvalue weighted by atomic mass is 9.67. The van der Waals surface area contributed by atoms with Crippen LogP contribution in [0.5, 0.6) is 0 Å². The van der Waals surface area contributed by atoms with Crippen LogP contribution in [0.1, 0.15) is 38.5 Å². The first kappa shape index (κ1) is 11.7. The summed E-state index contributed by atoms with van der Waals surface area (Å²) in [6, 6.07) is 0. The van der Waals surface area contributed by atoms with E-state index in [0.717, 1.165) is 60.2 Å². The molecule has 8 unspecified atom stereocenters. The van der Waals surface area contributed by atoms with E-state index in [2.05, 4.69) is 0 Å². The minimum absolute atomic E-state index is 0.388. The molecule has 0 spiro atoms. The fraction of sp³-hybridized carbons (Fsp3) is 1.00. The Morgan fingerprint density at radius 2 is 1.50 bits per heavy atom. The maximum atomic E-state index is 9.30. The van der Waals surface area contributed by atoms with Crippen LogP contribution in [0.15, 0.2) is 0 Å². The number of hydrogen-bond acceptors (Lipinski definition) is 2. The zero-order chi connectivity index (χ0) is 12.3. The summed E-state index contributed by atoms with van der Waals surface area (Å²) >= 11 is 0. The lowest BCUT2D eigenvalue weighted by Crippen LogP contribution is -2.32. The molecule has 0 aromatic heterocycles. The standard InChI is InChI=1S/C16H26O2/c17-5-3-9-7-10-8-14(9)16-13-2-1-12(15(10)16)11(13)4-6-18/h9-18H,1-8H2. The van der Waals surface area contributed by atoms with Gasteiger partial charge in [0.25, 0.3) is 0 Å². The molecule has 2 N–H and O–H groups in total. The van der Waals surface area contributed by atoms with Crippen molar-refractivity contribution in [2.45, 2.75) is 38.5 Å². The van der Waals surface area contributed by atoms with E-state index in [4.69, 9.17) is 0 Å². The number of fused-ring (bicyclic) bond motifs is 9. The molecule has 4 aliphatic rings. The molecule has 4 aliphatic carbocycles. The van der Waals surface area contributed by atoms with Gasteiger partial charge in [0.05, 0.1) is 0 Å². The van der Waals surface area contributed by atoms with E-state index >= 15 is 0 Å². The molecule has 0 radical (unpaired) electrons. The number of aliphatic hydroxyl groups is 2. The summed E-state index contributed by atoms with van der Waals surface area (Å²) in [5, 5.41) is 18.5. The van der Waals surface area contributed by atoms with E-state index in [1.807, 2.05) is 0 Å². The lowest BCUT2D eigenvalue weighted by Gasteiger charge is -2.38. The van der Waals surface area contributed by atoms with Gasteiger partial charge in [-0.3, -0.25) is 0 Å². The molecule has 4 bridgehead atoms. The molecule has 8 atom stereocenters. The van der Waals surface area contributed by atoms with Crippen LogP contribution >= 0.6 is 0 Å². The van der Waals surface area contributed by atoms with Crippen LogP contribution in [-0.4, -0.2) is 23.4 Å². The Bertz CT molecular complexity index is 325. The highest BCUT2D eigenvalue weighted by Gasteiger charge is 2.64. The van der Waals surface area contributed by atoms with Crippen LogP contribution in [0.2, 0.25) is 0 Å². The van der Waals surface area contributed by atoms with Crippen molar-refractivity contribution in [2.24, 2.45) is 47.3 Å². The van der Waals surface area contributed by atoms with E-state index in [1.54, 1.807) is 0 Å². The molecule has 18 heavy (non-hydrogen) atoms. The number of aliphatic hydroxyl groups excluding tert-OH is 2. The van der Waals surface area contributed by atoms with Gasteiger partial charge in [0.1, 0.15) is 0 Å². The Balaban J connectivity index is 1.57. The molecule has 0 heterocycles. The molecule has 0 aromatic rings. The van der Waals surface area contributed by atoms with E-state index in [9.17, 15) is 10.2 Å². The number of hydrogen-bond donors (Lipinski definition) is 2. The van der Waals surface area contributed by atoms with Crippen LogP contribution in [-0.2, 0) is 0 Å².